The number of hydrogen-bond acceptors (Lipinski definition) is 5. The van der Waals surface area contributed by atoms with Crippen LogP contribution in [0.1, 0.15) is 31.9 Å². The third-order valence-electron chi connectivity index (χ3n) is 3.01. The molecule has 6 nitrogen and oxygen atoms in total. The molecule has 0 unspecified atom stereocenters. The molecule has 2 rings (SSSR count). The van der Waals surface area contributed by atoms with Crippen molar-refractivity contribution in [1.82, 2.24) is 10.0 Å². The second-order valence-corrected chi connectivity index (χ2v) is 6.52. The van der Waals surface area contributed by atoms with Crippen LogP contribution in [0.25, 0.3) is 0 Å². The Morgan fingerprint density at radius 2 is 2.20 bits per heavy atom. The maximum atomic E-state index is 12.0. The molecule has 0 amide bonds. The van der Waals surface area contributed by atoms with Crippen LogP contribution in [0.5, 0.6) is 0 Å². The van der Waals surface area contributed by atoms with Crippen LogP contribution in [0, 0.1) is 0 Å². The summed E-state index contributed by atoms with van der Waals surface area (Å²) < 4.78 is 36.9. The Kier molecular flexibility index (Phi) is 5.59. The summed E-state index contributed by atoms with van der Waals surface area (Å²) >= 11 is 0. The molecule has 1 aromatic heterocycles. The Morgan fingerprint density at radius 1 is 1.40 bits per heavy atom. The van der Waals surface area contributed by atoms with Crippen LogP contribution >= 0.6 is 0 Å². The topological polar surface area (TPSA) is 80.6 Å². The quantitative estimate of drug-likeness (QED) is 0.636. The molecule has 2 N–H and O–H groups in total. The fourth-order valence-corrected chi connectivity index (χ4v) is 2.75. The molecule has 20 heavy (non-hydrogen) atoms. The van der Waals surface area contributed by atoms with Gasteiger partial charge in [0.1, 0.15) is 5.76 Å². The van der Waals surface area contributed by atoms with E-state index in [0.717, 1.165) is 0 Å². The molecule has 0 atom stereocenters. The second kappa shape index (κ2) is 7.21. The number of hydrogen-bond donors (Lipinski definition) is 2. The summed E-state index contributed by atoms with van der Waals surface area (Å²) in [4.78, 5) is 0. The third kappa shape index (κ3) is 4.90. The Bertz CT molecular complexity index is 508. The molecule has 1 saturated carbocycles. The van der Waals surface area contributed by atoms with Crippen molar-refractivity contribution in [3.63, 3.8) is 0 Å². The van der Waals surface area contributed by atoms with Gasteiger partial charge in [-0.2, -0.15) is 0 Å². The summed E-state index contributed by atoms with van der Waals surface area (Å²) in [6.07, 6.45) is 3.02. The van der Waals surface area contributed by atoms with E-state index in [1.165, 1.54) is 18.9 Å². The Morgan fingerprint density at radius 3 is 2.90 bits per heavy atom. The minimum Gasteiger partial charge on any atom is -0.447 e. The van der Waals surface area contributed by atoms with Gasteiger partial charge in [0, 0.05) is 25.8 Å². The van der Waals surface area contributed by atoms with E-state index in [1.54, 1.807) is 6.07 Å². The van der Waals surface area contributed by atoms with Crippen molar-refractivity contribution < 1.29 is 17.6 Å². The molecule has 114 valence electrons. The number of sulfonamides is 1. The van der Waals surface area contributed by atoms with Gasteiger partial charge in [-0.1, -0.05) is 0 Å². The average molecular weight is 302 g/mol. The van der Waals surface area contributed by atoms with E-state index in [2.05, 4.69) is 10.0 Å². The first-order valence-electron chi connectivity index (χ1n) is 7.01. The van der Waals surface area contributed by atoms with Crippen molar-refractivity contribution >= 4 is 10.0 Å². The van der Waals surface area contributed by atoms with Gasteiger partial charge >= 0.3 is 0 Å². The first-order chi connectivity index (χ1) is 9.62. The van der Waals surface area contributed by atoms with Gasteiger partial charge in [0.2, 0.25) is 5.09 Å². The van der Waals surface area contributed by atoms with Crippen molar-refractivity contribution in [1.29, 1.82) is 0 Å². The van der Waals surface area contributed by atoms with Crippen LogP contribution in [0.3, 0.4) is 0 Å². The van der Waals surface area contributed by atoms with Gasteiger partial charge < -0.3 is 14.5 Å². The molecule has 7 heteroatoms. The highest BCUT2D eigenvalue weighted by molar-refractivity contribution is 7.89. The molecule has 1 aromatic rings. The fourth-order valence-electron chi connectivity index (χ4n) is 1.73. The Balaban J connectivity index is 1.78. The minimum atomic E-state index is -3.55. The average Bonchev–Trinajstić information content (AvgIpc) is 3.12. The molecular formula is C13H22N2O4S. The molecule has 1 fully saturated rings. The van der Waals surface area contributed by atoms with E-state index in [1.807, 2.05) is 6.92 Å². The summed E-state index contributed by atoms with van der Waals surface area (Å²) in [5, 5.41) is 3.25. The van der Waals surface area contributed by atoms with Gasteiger partial charge in [-0.3, -0.25) is 0 Å². The minimum absolute atomic E-state index is 0.0264. The molecule has 1 aliphatic carbocycles. The molecule has 1 aliphatic rings. The van der Waals surface area contributed by atoms with E-state index in [0.29, 0.717) is 44.5 Å². The first-order valence-corrected chi connectivity index (χ1v) is 8.49. The van der Waals surface area contributed by atoms with Gasteiger partial charge in [0.15, 0.2) is 0 Å². The standard InChI is InChI=1S/C13H22N2O4S/c1-2-18-9-3-8-15-20(16,17)13-7-6-12(19-13)10-14-11-4-5-11/h6-7,11,14-15H,2-5,8-10H2,1H3. The van der Waals surface area contributed by atoms with Gasteiger partial charge in [-0.25, -0.2) is 13.1 Å². The lowest BCUT2D eigenvalue weighted by molar-refractivity contribution is 0.146. The summed E-state index contributed by atoms with van der Waals surface area (Å²) in [6.45, 7) is 4.02. The van der Waals surface area contributed by atoms with E-state index < -0.39 is 10.0 Å². The molecule has 0 bridgehead atoms. The largest absolute Gasteiger partial charge is 0.447 e. The highest BCUT2D eigenvalue weighted by atomic mass is 32.2. The van der Waals surface area contributed by atoms with Crippen molar-refractivity contribution in [3.05, 3.63) is 17.9 Å². The number of nitrogens with one attached hydrogen (secondary N) is 2. The fraction of sp³-hybridized carbons (Fsp3) is 0.692. The van der Waals surface area contributed by atoms with Crippen molar-refractivity contribution in [2.45, 2.75) is 43.9 Å². The smallest absolute Gasteiger partial charge is 0.273 e. The van der Waals surface area contributed by atoms with E-state index in [-0.39, 0.29) is 5.09 Å². The zero-order valence-electron chi connectivity index (χ0n) is 11.7. The van der Waals surface area contributed by atoms with Crippen molar-refractivity contribution in [3.8, 4) is 0 Å². The Hall–Kier alpha value is -0.890. The van der Waals surface area contributed by atoms with Crippen LogP contribution in [0.2, 0.25) is 0 Å². The van der Waals surface area contributed by atoms with E-state index >= 15 is 0 Å². The predicted molar refractivity (Wildman–Crippen MR) is 74.9 cm³/mol. The summed E-state index contributed by atoms with van der Waals surface area (Å²) in [7, 11) is -3.55. The monoisotopic (exact) mass is 302 g/mol. The predicted octanol–water partition coefficient (Wildman–Crippen LogP) is 1.24. The lowest BCUT2D eigenvalue weighted by Crippen LogP contribution is -2.25. The third-order valence-corrected chi connectivity index (χ3v) is 4.34. The number of furan rings is 1. The maximum absolute atomic E-state index is 12.0. The van der Waals surface area contributed by atoms with Gasteiger partial charge in [-0.15, -0.1) is 0 Å². The maximum Gasteiger partial charge on any atom is 0.273 e. The molecule has 0 radical (unpaired) electrons. The zero-order chi connectivity index (χ0) is 14.4. The first kappa shape index (κ1) is 15.5. The van der Waals surface area contributed by atoms with Crippen LogP contribution in [-0.4, -0.2) is 34.2 Å². The molecule has 0 spiro atoms. The normalized spacial score (nSPS) is 15.7. The van der Waals surface area contributed by atoms with Crippen LogP contribution in [0.15, 0.2) is 21.6 Å². The lowest BCUT2D eigenvalue weighted by atomic mass is 10.4. The van der Waals surface area contributed by atoms with Crippen molar-refractivity contribution in [2.24, 2.45) is 0 Å². The van der Waals surface area contributed by atoms with Crippen LogP contribution in [-0.2, 0) is 21.3 Å². The number of ether oxygens (including phenoxy) is 1. The van der Waals surface area contributed by atoms with Crippen molar-refractivity contribution in [2.75, 3.05) is 19.8 Å². The molecule has 0 aliphatic heterocycles. The molecule has 1 heterocycles. The SMILES string of the molecule is CCOCCCNS(=O)(=O)c1ccc(CNC2CC2)o1. The van der Waals surface area contributed by atoms with E-state index in [4.69, 9.17) is 9.15 Å². The summed E-state index contributed by atoms with van der Waals surface area (Å²) in [5.41, 5.74) is 0. The van der Waals surface area contributed by atoms with Gasteiger partial charge in [0.25, 0.3) is 10.0 Å². The second-order valence-electron chi connectivity index (χ2n) is 4.82. The summed E-state index contributed by atoms with van der Waals surface area (Å²) in [5.74, 6) is 0.645. The number of rotatable bonds is 10. The molecular weight excluding hydrogens is 280 g/mol. The highest BCUT2D eigenvalue weighted by Gasteiger charge is 2.22. The molecule has 0 aromatic carbocycles. The molecule has 0 saturated heterocycles. The van der Waals surface area contributed by atoms with Crippen LogP contribution in [0.4, 0.5) is 0 Å². The van der Waals surface area contributed by atoms with E-state index in [9.17, 15) is 8.42 Å². The van der Waals surface area contributed by atoms with Crippen LogP contribution < -0.4 is 10.0 Å². The highest BCUT2D eigenvalue weighted by Crippen LogP contribution is 2.20. The summed E-state index contributed by atoms with van der Waals surface area (Å²) in [6, 6.07) is 3.76. The van der Waals surface area contributed by atoms with Gasteiger partial charge in [-0.05, 0) is 38.3 Å². The Labute approximate surface area is 119 Å². The zero-order valence-corrected chi connectivity index (χ0v) is 12.5. The van der Waals surface area contributed by atoms with Gasteiger partial charge in [0.05, 0.1) is 6.54 Å². The lowest BCUT2D eigenvalue weighted by Gasteiger charge is -2.04.